The number of benzene rings is 2. The van der Waals surface area contributed by atoms with Crippen LogP contribution in [0.1, 0.15) is 22.5 Å². The first-order valence-electron chi connectivity index (χ1n) is 7.72. The lowest BCUT2D eigenvalue weighted by molar-refractivity contribution is 0.414. The summed E-state index contributed by atoms with van der Waals surface area (Å²) >= 11 is 0. The highest BCUT2D eigenvalue weighted by Crippen LogP contribution is 2.15. The number of rotatable bonds is 6. The van der Waals surface area contributed by atoms with Gasteiger partial charge >= 0.3 is 0 Å². The van der Waals surface area contributed by atoms with Gasteiger partial charge in [0.05, 0.1) is 7.11 Å². The van der Waals surface area contributed by atoms with Crippen LogP contribution >= 0.6 is 0 Å². The minimum atomic E-state index is 0.0842. The van der Waals surface area contributed by atoms with Gasteiger partial charge < -0.3 is 15.0 Å². The van der Waals surface area contributed by atoms with E-state index in [9.17, 15) is 0 Å². The highest BCUT2D eigenvalue weighted by molar-refractivity contribution is 5.95. The molecule has 3 N–H and O–H groups in total. The molecule has 3 rings (SSSR count). The van der Waals surface area contributed by atoms with Crippen LogP contribution in [0.3, 0.4) is 0 Å². The summed E-state index contributed by atoms with van der Waals surface area (Å²) in [5.74, 6) is 1.93. The summed E-state index contributed by atoms with van der Waals surface area (Å²) in [6.45, 7) is 0.701. The first kappa shape index (κ1) is 15.8. The molecule has 0 aliphatic rings. The molecule has 0 saturated heterocycles. The Bertz CT molecular complexity index is 837. The highest BCUT2D eigenvalue weighted by atomic mass is 16.5. The fourth-order valence-corrected chi connectivity index (χ4v) is 2.61. The number of hydrogen-bond donors (Lipinski definition) is 2. The van der Waals surface area contributed by atoms with E-state index in [0.717, 1.165) is 29.1 Å². The first-order chi connectivity index (χ1) is 11.7. The lowest BCUT2D eigenvalue weighted by Crippen LogP contribution is -2.12. The Labute approximate surface area is 141 Å². The number of nitrogens with two attached hydrogens (primary N) is 1. The van der Waals surface area contributed by atoms with Crippen molar-refractivity contribution >= 4 is 5.84 Å². The number of amidine groups is 1. The average Bonchev–Trinajstić information content (AvgIpc) is 3.02. The zero-order valence-electron chi connectivity index (χ0n) is 13.6. The maximum absolute atomic E-state index is 7.55. The Morgan fingerprint density at radius 3 is 2.67 bits per heavy atom. The third-order valence-electron chi connectivity index (χ3n) is 3.91. The fraction of sp³-hybridized carbons (Fsp3) is 0.158. The molecule has 0 spiro atoms. The van der Waals surface area contributed by atoms with Crippen LogP contribution in [0.5, 0.6) is 5.75 Å². The average molecular weight is 320 g/mol. The lowest BCUT2D eigenvalue weighted by atomic mass is 10.1. The molecular weight excluding hydrogens is 300 g/mol. The maximum atomic E-state index is 7.55. The van der Waals surface area contributed by atoms with E-state index in [1.807, 2.05) is 60.9 Å². The number of aromatic nitrogens is 2. The van der Waals surface area contributed by atoms with Crippen molar-refractivity contribution in [1.82, 2.24) is 9.55 Å². The molecule has 122 valence electrons. The van der Waals surface area contributed by atoms with Crippen LogP contribution < -0.4 is 10.5 Å². The molecule has 5 nitrogen and oxygen atoms in total. The molecule has 0 fully saturated rings. The Hall–Kier alpha value is -3.08. The van der Waals surface area contributed by atoms with E-state index >= 15 is 0 Å². The highest BCUT2D eigenvalue weighted by Gasteiger charge is 2.06. The molecule has 0 amide bonds. The predicted octanol–water partition coefficient (Wildman–Crippen LogP) is 2.81. The van der Waals surface area contributed by atoms with Crippen molar-refractivity contribution in [3.63, 3.8) is 0 Å². The quantitative estimate of drug-likeness (QED) is 0.541. The molecule has 0 aliphatic carbocycles. The molecule has 2 aromatic carbocycles. The monoisotopic (exact) mass is 320 g/mol. The van der Waals surface area contributed by atoms with E-state index in [-0.39, 0.29) is 5.84 Å². The molecule has 0 atom stereocenters. The van der Waals surface area contributed by atoms with E-state index in [1.165, 1.54) is 5.56 Å². The second kappa shape index (κ2) is 7.00. The largest absolute Gasteiger partial charge is 0.497 e. The van der Waals surface area contributed by atoms with E-state index in [0.29, 0.717) is 6.54 Å². The molecule has 0 bridgehead atoms. The van der Waals surface area contributed by atoms with Crippen LogP contribution in [0.15, 0.2) is 60.9 Å². The van der Waals surface area contributed by atoms with Crippen LogP contribution in [-0.2, 0) is 13.0 Å². The number of nitrogens with zero attached hydrogens (tertiary/aromatic N) is 2. The van der Waals surface area contributed by atoms with Gasteiger partial charge in [0.15, 0.2) is 0 Å². The summed E-state index contributed by atoms with van der Waals surface area (Å²) in [6.07, 6.45) is 4.54. The van der Waals surface area contributed by atoms with Gasteiger partial charge in [0.1, 0.15) is 17.4 Å². The molecule has 5 heteroatoms. The van der Waals surface area contributed by atoms with Gasteiger partial charge in [-0.2, -0.15) is 0 Å². The number of nitrogen functional groups attached to an aromatic ring is 1. The van der Waals surface area contributed by atoms with Crippen molar-refractivity contribution in [1.29, 1.82) is 5.41 Å². The molecular formula is C19H20N4O. The summed E-state index contributed by atoms with van der Waals surface area (Å²) in [5.41, 5.74) is 8.58. The zero-order valence-corrected chi connectivity index (χ0v) is 13.6. The number of hydrogen-bond acceptors (Lipinski definition) is 3. The van der Waals surface area contributed by atoms with E-state index in [4.69, 9.17) is 15.9 Å². The van der Waals surface area contributed by atoms with Crippen LogP contribution in [0.2, 0.25) is 0 Å². The van der Waals surface area contributed by atoms with Gasteiger partial charge in [-0.1, -0.05) is 30.3 Å². The van der Waals surface area contributed by atoms with Crippen molar-refractivity contribution in [3.05, 3.63) is 83.4 Å². The van der Waals surface area contributed by atoms with Crippen molar-refractivity contribution in [2.24, 2.45) is 5.73 Å². The van der Waals surface area contributed by atoms with Gasteiger partial charge in [-0.25, -0.2) is 4.98 Å². The lowest BCUT2D eigenvalue weighted by Gasteiger charge is -2.10. The molecule has 0 radical (unpaired) electrons. The molecule has 1 heterocycles. The van der Waals surface area contributed by atoms with Crippen molar-refractivity contribution in [2.75, 3.05) is 7.11 Å². The zero-order chi connectivity index (χ0) is 16.9. The van der Waals surface area contributed by atoms with Gasteiger partial charge in [0.25, 0.3) is 0 Å². The molecule has 0 unspecified atom stereocenters. The number of methoxy groups -OCH3 is 1. The summed E-state index contributed by atoms with van der Waals surface area (Å²) in [4.78, 5) is 4.47. The van der Waals surface area contributed by atoms with Gasteiger partial charge in [-0.05, 0) is 29.3 Å². The van der Waals surface area contributed by atoms with Crippen LogP contribution in [0.25, 0.3) is 0 Å². The van der Waals surface area contributed by atoms with Gasteiger partial charge in [-0.3, -0.25) is 5.41 Å². The number of ether oxygens (including phenoxy) is 1. The molecule has 24 heavy (non-hydrogen) atoms. The molecule has 3 aromatic rings. The van der Waals surface area contributed by atoms with Gasteiger partial charge in [0.2, 0.25) is 0 Å². The van der Waals surface area contributed by atoms with Crippen LogP contribution in [0.4, 0.5) is 0 Å². The van der Waals surface area contributed by atoms with E-state index < -0.39 is 0 Å². The number of nitrogens with one attached hydrogen (secondary N) is 1. The first-order valence-corrected chi connectivity index (χ1v) is 7.72. The third kappa shape index (κ3) is 3.63. The van der Waals surface area contributed by atoms with E-state index in [2.05, 4.69) is 9.55 Å². The Kier molecular flexibility index (Phi) is 4.61. The summed E-state index contributed by atoms with van der Waals surface area (Å²) < 4.78 is 7.30. The Morgan fingerprint density at radius 2 is 1.96 bits per heavy atom. The summed E-state index contributed by atoms with van der Waals surface area (Å²) in [6, 6.07) is 15.8. The minimum absolute atomic E-state index is 0.0842. The van der Waals surface area contributed by atoms with Crippen molar-refractivity contribution in [3.8, 4) is 5.75 Å². The van der Waals surface area contributed by atoms with Gasteiger partial charge in [-0.15, -0.1) is 0 Å². The molecule has 0 aliphatic heterocycles. The van der Waals surface area contributed by atoms with Gasteiger partial charge in [0, 0.05) is 30.9 Å². The fourth-order valence-electron chi connectivity index (χ4n) is 2.61. The Balaban J connectivity index is 1.77. The Morgan fingerprint density at radius 1 is 1.17 bits per heavy atom. The number of imidazole rings is 1. The topological polar surface area (TPSA) is 76.9 Å². The van der Waals surface area contributed by atoms with Crippen LogP contribution in [0, 0.1) is 5.41 Å². The van der Waals surface area contributed by atoms with E-state index in [1.54, 1.807) is 7.11 Å². The minimum Gasteiger partial charge on any atom is -0.497 e. The molecule has 0 saturated carbocycles. The molecule has 1 aromatic heterocycles. The predicted molar refractivity (Wildman–Crippen MR) is 94.6 cm³/mol. The smallest absolute Gasteiger partial charge is 0.122 e. The standard InChI is InChI=1S/C19H20N4O/c1-24-17-7-5-14(6-8-17)12-18-22-9-10-23(18)13-15-3-2-4-16(11-15)19(20)21/h2-11H,12-13H2,1H3,(H3,20,21). The summed E-state index contributed by atoms with van der Waals surface area (Å²) in [7, 11) is 1.66. The second-order valence-corrected chi connectivity index (χ2v) is 5.61. The van der Waals surface area contributed by atoms with Crippen molar-refractivity contribution in [2.45, 2.75) is 13.0 Å². The second-order valence-electron chi connectivity index (χ2n) is 5.61. The van der Waals surface area contributed by atoms with Crippen molar-refractivity contribution < 1.29 is 4.74 Å². The maximum Gasteiger partial charge on any atom is 0.122 e. The normalized spacial score (nSPS) is 10.5. The summed E-state index contributed by atoms with van der Waals surface area (Å²) in [5, 5.41) is 7.55. The SMILES string of the molecule is COc1ccc(Cc2nccn2Cc2cccc(C(=N)N)c2)cc1. The third-order valence-corrected chi connectivity index (χ3v) is 3.91. The van der Waals surface area contributed by atoms with Crippen LogP contribution in [-0.4, -0.2) is 22.5 Å².